The number of nitrogens with two attached hydrogens (primary N) is 1. The SMILES string of the molecule is NNC(c1cccc(Cl)c1)c1ccccn1. The van der Waals surface area contributed by atoms with Crippen LogP contribution in [0.15, 0.2) is 48.7 Å². The molecule has 2 aromatic rings. The Morgan fingerprint density at radius 3 is 2.69 bits per heavy atom. The molecule has 16 heavy (non-hydrogen) atoms. The van der Waals surface area contributed by atoms with Crippen LogP contribution in [0.2, 0.25) is 5.02 Å². The normalized spacial score (nSPS) is 12.4. The van der Waals surface area contributed by atoms with Crippen LogP contribution < -0.4 is 11.3 Å². The van der Waals surface area contributed by atoms with Crippen molar-refractivity contribution in [2.75, 3.05) is 0 Å². The van der Waals surface area contributed by atoms with Crippen molar-refractivity contribution in [3.05, 3.63) is 64.9 Å². The van der Waals surface area contributed by atoms with Gasteiger partial charge in [0.15, 0.2) is 0 Å². The summed E-state index contributed by atoms with van der Waals surface area (Å²) in [6.07, 6.45) is 1.74. The minimum absolute atomic E-state index is 0.139. The molecule has 0 radical (unpaired) electrons. The molecule has 0 saturated carbocycles. The third-order valence-corrected chi connectivity index (χ3v) is 2.57. The molecular formula is C12H12ClN3. The van der Waals surface area contributed by atoms with Gasteiger partial charge in [-0.15, -0.1) is 0 Å². The molecule has 0 saturated heterocycles. The van der Waals surface area contributed by atoms with Crippen LogP contribution in [0.3, 0.4) is 0 Å². The number of hydrazine groups is 1. The lowest BCUT2D eigenvalue weighted by atomic mass is 10.0. The molecule has 82 valence electrons. The van der Waals surface area contributed by atoms with Crippen LogP contribution in [0.5, 0.6) is 0 Å². The third-order valence-electron chi connectivity index (χ3n) is 2.33. The van der Waals surface area contributed by atoms with Gasteiger partial charge >= 0.3 is 0 Å². The molecule has 4 heteroatoms. The van der Waals surface area contributed by atoms with Gasteiger partial charge in [-0.2, -0.15) is 0 Å². The molecule has 1 unspecified atom stereocenters. The first-order chi connectivity index (χ1) is 7.81. The number of rotatable bonds is 3. The third kappa shape index (κ3) is 2.39. The Morgan fingerprint density at radius 2 is 2.06 bits per heavy atom. The lowest BCUT2D eigenvalue weighted by Crippen LogP contribution is -2.29. The zero-order valence-corrected chi connectivity index (χ0v) is 9.35. The van der Waals surface area contributed by atoms with E-state index in [2.05, 4.69) is 10.4 Å². The highest BCUT2D eigenvalue weighted by molar-refractivity contribution is 6.30. The van der Waals surface area contributed by atoms with E-state index in [-0.39, 0.29) is 6.04 Å². The molecule has 0 amide bonds. The van der Waals surface area contributed by atoms with Crippen LogP contribution in [-0.2, 0) is 0 Å². The van der Waals surface area contributed by atoms with Gasteiger partial charge < -0.3 is 0 Å². The monoisotopic (exact) mass is 233 g/mol. The van der Waals surface area contributed by atoms with Crippen molar-refractivity contribution in [1.82, 2.24) is 10.4 Å². The molecule has 0 aliphatic heterocycles. The largest absolute Gasteiger partial charge is 0.271 e. The highest BCUT2D eigenvalue weighted by Crippen LogP contribution is 2.21. The second-order valence-corrected chi connectivity index (χ2v) is 3.85. The molecule has 2 rings (SSSR count). The van der Waals surface area contributed by atoms with E-state index in [1.54, 1.807) is 6.20 Å². The van der Waals surface area contributed by atoms with Crippen molar-refractivity contribution in [2.45, 2.75) is 6.04 Å². The minimum Gasteiger partial charge on any atom is -0.271 e. The van der Waals surface area contributed by atoms with Crippen molar-refractivity contribution in [2.24, 2.45) is 5.84 Å². The summed E-state index contributed by atoms with van der Waals surface area (Å²) in [5, 5.41) is 0.689. The minimum atomic E-state index is -0.139. The molecule has 3 nitrogen and oxygen atoms in total. The number of aromatic nitrogens is 1. The first kappa shape index (κ1) is 11.1. The average molecular weight is 234 g/mol. The molecule has 1 aromatic carbocycles. The molecule has 0 bridgehead atoms. The number of nitrogens with one attached hydrogen (secondary N) is 1. The summed E-state index contributed by atoms with van der Waals surface area (Å²) in [5.41, 5.74) is 4.60. The molecule has 0 aliphatic carbocycles. The van der Waals surface area contributed by atoms with Crippen LogP contribution in [0.4, 0.5) is 0 Å². The van der Waals surface area contributed by atoms with E-state index in [0.29, 0.717) is 5.02 Å². The summed E-state index contributed by atoms with van der Waals surface area (Å²) < 4.78 is 0. The average Bonchev–Trinajstić information content (AvgIpc) is 2.31. The highest BCUT2D eigenvalue weighted by atomic mass is 35.5. The predicted octanol–water partition coefficient (Wildman–Crippen LogP) is 2.29. The maximum atomic E-state index is 5.94. The summed E-state index contributed by atoms with van der Waals surface area (Å²) in [6.45, 7) is 0. The topological polar surface area (TPSA) is 50.9 Å². The maximum absolute atomic E-state index is 5.94. The molecule has 1 aromatic heterocycles. The Bertz CT molecular complexity index is 459. The van der Waals surface area contributed by atoms with E-state index in [1.165, 1.54) is 0 Å². The Morgan fingerprint density at radius 1 is 1.19 bits per heavy atom. The van der Waals surface area contributed by atoms with Gasteiger partial charge in [-0.05, 0) is 29.8 Å². The maximum Gasteiger partial charge on any atom is 0.0881 e. The molecule has 3 N–H and O–H groups in total. The van der Waals surface area contributed by atoms with Gasteiger partial charge in [0.25, 0.3) is 0 Å². The van der Waals surface area contributed by atoms with E-state index in [9.17, 15) is 0 Å². The number of benzene rings is 1. The predicted molar refractivity (Wildman–Crippen MR) is 64.9 cm³/mol. The van der Waals surface area contributed by atoms with Crippen LogP contribution in [-0.4, -0.2) is 4.98 Å². The second-order valence-electron chi connectivity index (χ2n) is 3.41. The van der Waals surface area contributed by atoms with Crippen molar-refractivity contribution >= 4 is 11.6 Å². The molecule has 0 spiro atoms. The van der Waals surface area contributed by atoms with Gasteiger partial charge in [0, 0.05) is 11.2 Å². The number of halogens is 1. The van der Waals surface area contributed by atoms with E-state index in [0.717, 1.165) is 11.3 Å². The Hall–Kier alpha value is -1.42. The summed E-state index contributed by atoms with van der Waals surface area (Å²) >= 11 is 5.94. The summed E-state index contributed by atoms with van der Waals surface area (Å²) in [7, 11) is 0. The Kier molecular flexibility index (Phi) is 3.51. The van der Waals surface area contributed by atoms with E-state index >= 15 is 0 Å². The van der Waals surface area contributed by atoms with Gasteiger partial charge in [0.1, 0.15) is 0 Å². The highest BCUT2D eigenvalue weighted by Gasteiger charge is 2.13. The van der Waals surface area contributed by atoms with Crippen molar-refractivity contribution in [1.29, 1.82) is 0 Å². The first-order valence-corrected chi connectivity index (χ1v) is 5.31. The molecule has 1 heterocycles. The second kappa shape index (κ2) is 5.07. The van der Waals surface area contributed by atoms with Crippen LogP contribution in [0, 0.1) is 0 Å². The molecule has 0 aliphatic rings. The number of pyridine rings is 1. The number of nitrogens with zero attached hydrogens (tertiary/aromatic N) is 1. The Balaban J connectivity index is 2.37. The van der Waals surface area contributed by atoms with E-state index in [4.69, 9.17) is 17.4 Å². The smallest absolute Gasteiger partial charge is 0.0881 e. The van der Waals surface area contributed by atoms with E-state index < -0.39 is 0 Å². The molecule has 1 atom stereocenters. The van der Waals surface area contributed by atoms with Gasteiger partial charge in [-0.1, -0.05) is 29.8 Å². The van der Waals surface area contributed by atoms with Crippen molar-refractivity contribution in [3.63, 3.8) is 0 Å². The van der Waals surface area contributed by atoms with Crippen LogP contribution >= 0.6 is 11.6 Å². The molecule has 0 fully saturated rings. The zero-order valence-electron chi connectivity index (χ0n) is 8.60. The first-order valence-electron chi connectivity index (χ1n) is 4.94. The molecular weight excluding hydrogens is 222 g/mol. The van der Waals surface area contributed by atoms with Gasteiger partial charge in [-0.25, -0.2) is 5.43 Å². The summed E-state index contributed by atoms with van der Waals surface area (Å²) in [6, 6.07) is 13.1. The van der Waals surface area contributed by atoms with Gasteiger partial charge in [0.05, 0.1) is 11.7 Å². The fourth-order valence-corrected chi connectivity index (χ4v) is 1.78. The fourth-order valence-electron chi connectivity index (χ4n) is 1.59. The van der Waals surface area contributed by atoms with E-state index in [1.807, 2.05) is 42.5 Å². The number of hydrogen-bond donors (Lipinski definition) is 2. The zero-order chi connectivity index (χ0) is 11.4. The summed E-state index contributed by atoms with van der Waals surface area (Å²) in [5.74, 6) is 5.55. The Labute approximate surface area is 99.2 Å². The van der Waals surface area contributed by atoms with Crippen LogP contribution in [0.25, 0.3) is 0 Å². The number of hydrogen-bond acceptors (Lipinski definition) is 3. The van der Waals surface area contributed by atoms with Gasteiger partial charge in [0.2, 0.25) is 0 Å². The lowest BCUT2D eigenvalue weighted by Gasteiger charge is -2.15. The van der Waals surface area contributed by atoms with Crippen molar-refractivity contribution in [3.8, 4) is 0 Å². The standard InChI is InChI=1S/C12H12ClN3/c13-10-5-3-4-9(8-10)12(16-14)11-6-1-2-7-15-11/h1-8,12,16H,14H2. The lowest BCUT2D eigenvalue weighted by molar-refractivity contribution is 0.621. The summed E-state index contributed by atoms with van der Waals surface area (Å²) in [4.78, 5) is 4.27. The van der Waals surface area contributed by atoms with Crippen LogP contribution in [0.1, 0.15) is 17.3 Å². The van der Waals surface area contributed by atoms with Crippen molar-refractivity contribution < 1.29 is 0 Å². The van der Waals surface area contributed by atoms with Gasteiger partial charge in [-0.3, -0.25) is 10.8 Å². The fraction of sp³-hybridized carbons (Fsp3) is 0.0833. The quantitative estimate of drug-likeness (QED) is 0.632.